The number of halogens is 1. The molecule has 0 aromatic heterocycles. The van der Waals surface area contributed by atoms with Gasteiger partial charge in [-0.15, -0.1) is 0 Å². The largest absolute Gasteiger partial charge is 0.353 e. The van der Waals surface area contributed by atoms with E-state index in [9.17, 15) is 19.2 Å². The predicted octanol–water partition coefficient (Wildman–Crippen LogP) is 0.993. The molecule has 1 aromatic carbocycles. The summed E-state index contributed by atoms with van der Waals surface area (Å²) in [5.74, 6) is -1.50. The second-order valence-corrected chi connectivity index (χ2v) is 7.81. The SMILES string of the molecule is O=C(CN1C(=O)C2C3C=CC(C3)C2C1=O)NCCNC(=O)c1ccc(Cl)cc1. The van der Waals surface area contributed by atoms with Crippen LogP contribution in [0.25, 0.3) is 0 Å². The van der Waals surface area contributed by atoms with Crippen molar-refractivity contribution in [1.82, 2.24) is 15.5 Å². The van der Waals surface area contributed by atoms with E-state index in [4.69, 9.17) is 11.6 Å². The topological polar surface area (TPSA) is 95.6 Å². The van der Waals surface area contributed by atoms with Gasteiger partial charge in [-0.2, -0.15) is 0 Å². The first-order valence-corrected chi connectivity index (χ1v) is 9.67. The lowest BCUT2D eigenvalue weighted by atomic mass is 9.85. The Morgan fingerprint density at radius 2 is 1.54 bits per heavy atom. The summed E-state index contributed by atoms with van der Waals surface area (Å²) in [5.41, 5.74) is 0.471. The number of benzene rings is 1. The van der Waals surface area contributed by atoms with Gasteiger partial charge in [0.1, 0.15) is 6.54 Å². The normalized spacial score (nSPS) is 27.2. The summed E-state index contributed by atoms with van der Waals surface area (Å²) >= 11 is 5.78. The average molecular weight is 402 g/mol. The molecule has 4 rings (SSSR count). The molecule has 7 nitrogen and oxygen atoms in total. The van der Waals surface area contributed by atoms with Gasteiger partial charge in [-0.3, -0.25) is 24.1 Å². The number of amides is 4. The van der Waals surface area contributed by atoms with E-state index >= 15 is 0 Å². The molecule has 146 valence electrons. The van der Waals surface area contributed by atoms with Crippen molar-refractivity contribution in [2.75, 3.05) is 19.6 Å². The zero-order valence-electron chi connectivity index (χ0n) is 15.1. The molecule has 2 aliphatic carbocycles. The lowest BCUT2D eigenvalue weighted by molar-refractivity contribution is -0.144. The minimum Gasteiger partial charge on any atom is -0.353 e. The summed E-state index contributed by atoms with van der Waals surface area (Å²) in [7, 11) is 0. The summed E-state index contributed by atoms with van der Waals surface area (Å²) in [6.07, 6.45) is 4.90. The number of rotatable bonds is 6. The van der Waals surface area contributed by atoms with Crippen LogP contribution in [0.5, 0.6) is 0 Å². The first-order chi connectivity index (χ1) is 13.5. The Morgan fingerprint density at radius 1 is 0.964 bits per heavy atom. The van der Waals surface area contributed by atoms with Crippen molar-refractivity contribution >= 4 is 35.2 Å². The van der Waals surface area contributed by atoms with Gasteiger partial charge in [-0.05, 0) is 42.5 Å². The Balaban J connectivity index is 1.22. The second kappa shape index (κ2) is 7.39. The predicted molar refractivity (Wildman–Crippen MR) is 101 cm³/mol. The number of imide groups is 1. The first kappa shape index (κ1) is 18.7. The lowest BCUT2D eigenvalue weighted by Crippen LogP contribution is -2.43. The summed E-state index contributed by atoms with van der Waals surface area (Å²) < 4.78 is 0. The lowest BCUT2D eigenvalue weighted by Gasteiger charge is -2.16. The van der Waals surface area contributed by atoms with Crippen LogP contribution in [0.4, 0.5) is 0 Å². The van der Waals surface area contributed by atoms with E-state index in [1.165, 1.54) is 0 Å². The van der Waals surface area contributed by atoms with Crippen molar-refractivity contribution < 1.29 is 19.2 Å². The highest BCUT2D eigenvalue weighted by atomic mass is 35.5. The Bertz CT molecular complexity index is 837. The standard InChI is InChI=1S/C20H20ClN3O4/c21-14-5-3-11(4-6-14)18(26)23-8-7-22-15(25)10-24-19(27)16-12-1-2-13(9-12)17(16)20(24)28/h1-6,12-13,16-17H,7-10H2,(H,22,25)(H,23,26). The maximum absolute atomic E-state index is 12.5. The maximum Gasteiger partial charge on any atom is 0.251 e. The van der Waals surface area contributed by atoms with Gasteiger partial charge in [0.25, 0.3) is 5.91 Å². The number of hydrogen-bond acceptors (Lipinski definition) is 4. The number of nitrogens with one attached hydrogen (secondary N) is 2. The van der Waals surface area contributed by atoms with Gasteiger partial charge >= 0.3 is 0 Å². The minimum atomic E-state index is -0.414. The molecular formula is C20H20ClN3O4. The number of fused-ring (bicyclic) bond motifs is 5. The highest BCUT2D eigenvalue weighted by molar-refractivity contribution is 6.30. The summed E-state index contributed by atoms with van der Waals surface area (Å²) in [4.78, 5) is 50.3. The van der Waals surface area contributed by atoms with Crippen molar-refractivity contribution in [1.29, 1.82) is 0 Å². The van der Waals surface area contributed by atoms with Crippen LogP contribution in [0.2, 0.25) is 5.02 Å². The van der Waals surface area contributed by atoms with Crippen molar-refractivity contribution in [3.8, 4) is 0 Å². The summed E-state index contributed by atoms with van der Waals surface area (Å²) in [6, 6.07) is 6.47. The van der Waals surface area contributed by atoms with Gasteiger partial charge < -0.3 is 10.6 Å². The van der Waals surface area contributed by atoms with Crippen LogP contribution < -0.4 is 10.6 Å². The molecule has 28 heavy (non-hydrogen) atoms. The molecule has 1 aliphatic heterocycles. The molecule has 1 saturated heterocycles. The third-order valence-electron chi connectivity index (χ3n) is 5.70. The van der Waals surface area contributed by atoms with Gasteiger partial charge in [0, 0.05) is 23.7 Å². The number of likely N-dealkylation sites (tertiary alicyclic amines) is 1. The molecular weight excluding hydrogens is 382 g/mol. The smallest absolute Gasteiger partial charge is 0.251 e. The zero-order chi connectivity index (χ0) is 19.8. The van der Waals surface area contributed by atoms with Crippen LogP contribution in [0.1, 0.15) is 16.8 Å². The van der Waals surface area contributed by atoms with E-state index in [0.717, 1.165) is 11.3 Å². The maximum atomic E-state index is 12.5. The number of carbonyl (C=O) groups excluding carboxylic acids is 4. The van der Waals surface area contributed by atoms with Crippen LogP contribution in [0, 0.1) is 23.7 Å². The van der Waals surface area contributed by atoms with Crippen molar-refractivity contribution in [2.45, 2.75) is 6.42 Å². The van der Waals surface area contributed by atoms with Crippen LogP contribution >= 0.6 is 11.6 Å². The molecule has 8 heteroatoms. The van der Waals surface area contributed by atoms with E-state index in [0.29, 0.717) is 10.6 Å². The molecule has 4 amide bonds. The minimum absolute atomic E-state index is 0.127. The molecule has 0 radical (unpaired) electrons. The number of carbonyl (C=O) groups is 4. The van der Waals surface area contributed by atoms with Crippen LogP contribution in [-0.4, -0.2) is 48.2 Å². The van der Waals surface area contributed by atoms with Gasteiger partial charge in [0.2, 0.25) is 17.7 Å². The van der Waals surface area contributed by atoms with Crippen molar-refractivity contribution in [2.24, 2.45) is 23.7 Å². The van der Waals surface area contributed by atoms with Crippen molar-refractivity contribution in [3.05, 3.63) is 47.0 Å². The van der Waals surface area contributed by atoms with Crippen LogP contribution in [0.15, 0.2) is 36.4 Å². The second-order valence-electron chi connectivity index (χ2n) is 7.38. The fourth-order valence-electron chi connectivity index (χ4n) is 4.40. The average Bonchev–Trinajstić information content (AvgIpc) is 3.36. The van der Waals surface area contributed by atoms with E-state index in [1.54, 1.807) is 24.3 Å². The number of allylic oxidation sites excluding steroid dienone is 2. The zero-order valence-corrected chi connectivity index (χ0v) is 15.8. The highest BCUT2D eigenvalue weighted by Crippen LogP contribution is 2.52. The molecule has 4 atom stereocenters. The number of hydrogen-bond donors (Lipinski definition) is 2. The summed E-state index contributed by atoms with van der Waals surface area (Å²) in [5, 5.41) is 5.86. The summed E-state index contributed by atoms with van der Waals surface area (Å²) in [6.45, 7) is 0.164. The van der Waals surface area contributed by atoms with Gasteiger partial charge in [-0.25, -0.2) is 0 Å². The Kier molecular flexibility index (Phi) is 4.93. The molecule has 1 heterocycles. The fourth-order valence-corrected chi connectivity index (χ4v) is 4.53. The molecule has 2 fully saturated rings. The Hall–Kier alpha value is -2.67. The molecule has 2 bridgehead atoms. The molecule has 1 aromatic rings. The van der Waals surface area contributed by atoms with E-state index in [-0.39, 0.29) is 61.0 Å². The first-order valence-electron chi connectivity index (χ1n) is 9.29. The van der Waals surface area contributed by atoms with E-state index in [2.05, 4.69) is 10.6 Å². The van der Waals surface area contributed by atoms with Crippen LogP contribution in [-0.2, 0) is 14.4 Å². The van der Waals surface area contributed by atoms with Crippen molar-refractivity contribution in [3.63, 3.8) is 0 Å². The molecule has 2 N–H and O–H groups in total. The molecule has 1 saturated carbocycles. The Morgan fingerprint density at radius 3 is 2.14 bits per heavy atom. The van der Waals surface area contributed by atoms with E-state index < -0.39 is 5.91 Å². The quantitative estimate of drug-likeness (QED) is 0.422. The van der Waals surface area contributed by atoms with Crippen LogP contribution in [0.3, 0.4) is 0 Å². The van der Waals surface area contributed by atoms with Gasteiger partial charge in [-0.1, -0.05) is 23.8 Å². The van der Waals surface area contributed by atoms with Gasteiger partial charge in [0.15, 0.2) is 0 Å². The Labute approximate surface area is 167 Å². The molecule has 4 unspecified atom stereocenters. The number of nitrogens with zero attached hydrogens (tertiary/aromatic N) is 1. The monoisotopic (exact) mass is 401 g/mol. The third-order valence-corrected chi connectivity index (χ3v) is 5.95. The molecule has 0 spiro atoms. The van der Waals surface area contributed by atoms with E-state index in [1.807, 2.05) is 12.2 Å². The van der Waals surface area contributed by atoms with Gasteiger partial charge in [0.05, 0.1) is 11.8 Å². The fraction of sp³-hybridized carbons (Fsp3) is 0.400. The molecule has 3 aliphatic rings. The third kappa shape index (κ3) is 3.30. The highest BCUT2D eigenvalue weighted by Gasteiger charge is 2.59.